The van der Waals surface area contributed by atoms with Crippen LogP contribution in [0, 0.1) is 17.8 Å². The first kappa shape index (κ1) is 20.6. The predicted octanol–water partition coefficient (Wildman–Crippen LogP) is 2.23. The Morgan fingerprint density at radius 3 is 2.93 bits per heavy atom. The molecule has 2 bridgehead atoms. The number of hydrogen-bond acceptors (Lipinski definition) is 5. The second kappa shape index (κ2) is 8.11. The van der Waals surface area contributed by atoms with Crippen molar-refractivity contribution in [2.75, 3.05) is 6.61 Å². The summed E-state index contributed by atoms with van der Waals surface area (Å²) >= 11 is 0. The standard InChI is InChI=1S/C19H21N5O2.2ClH/c25-9-14-10-3-4-11(6-10)16(14)23-19-22-15(18(26)24-19)7-12-8-21-17-13(12)2-1-5-20-17;;/h1-2,5,7-8,10-11,14,16,25H,3-4,6,9H2,(H,20,21)(H2,22,23,24,26);2*1H/b15-7-;;/t10-,11+,14+,16-;;/m0../s1. The number of nitrogens with one attached hydrogen (secondary N) is 3. The number of H-pyrrole nitrogens is 1. The van der Waals surface area contributed by atoms with Crippen molar-refractivity contribution in [1.29, 1.82) is 0 Å². The zero-order valence-corrected chi connectivity index (χ0v) is 16.7. The number of aliphatic hydroxyl groups is 1. The number of aliphatic imine (C=N–C) groups is 1. The van der Waals surface area contributed by atoms with E-state index in [1.807, 2.05) is 18.3 Å². The molecule has 150 valence electrons. The van der Waals surface area contributed by atoms with Crippen LogP contribution in [0.1, 0.15) is 24.8 Å². The molecule has 2 fully saturated rings. The molecule has 3 heterocycles. The smallest absolute Gasteiger partial charge is 0.276 e. The molecule has 9 heteroatoms. The second-order valence-corrected chi connectivity index (χ2v) is 7.44. The summed E-state index contributed by atoms with van der Waals surface area (Å²) < 4.78 is 0. The lowest BCUT2D eigenvalue weighted by Gasteiger charge is -2.30. The minimum atomic E-state index is -0.213. The lowest BCUT2D eigenvalue weighted by Crippen LogP contribution is -2.49. The van der Waals surface area contributed by atoms with Gasteiger partial charge in [0.2, 0.25) is 5.96 Å². The first-order valence-corrected chi connectivity index (χ1v) is 9.14. The second-order valence-electron chi connectivity index (χ2n) is 7.44. The number of halogens is 2. The Morgan fingerprint density at radius 2 is 2.11 bits per heavy atom. The molecule has 4 N–H and O–H groups in total. The molecule has 2 saturated carbocycles. The van der Waals surface area contributed by atoms with Crippen LogP contribution in [0.5, 0.6) is 0 Å². The van der Waals surface area contributed by atoms with Gasteiger partial charge in [-0.3, -0.25) is 10.1 Å². The molecule has 3 aliphatic rings. The number of amides is 1. The number of rotatable bonds is 3. The zero-order valence-electron chi connectivity index (χ0n) is 15.1. The highest BCUT2D eigenvalue weighted by Gasteiger charge is 2.47. The summed E-state index contributed by atoms with van der Waals surface area (Å²) in [5.74, 6) is 1.68. The minimum Gasteiger partial charge on any atom is -0.396 e. The largest absolute Gasteiger partial charge is 0.396 e. The molecule has 5 rings (SSSR count). The van der Waals surface area contributed by atoms with Gasteiger partial charge in [0.25, 0.3) is 5.91 Å². The maximum absolute atomic E-state index is 12.3. The van der Waals surface area contributed by atoms with Gasteiger partial charge in [-0.05, 0) is 49.3 Å². The Balaban J connectivity index is 0.00000112. The molecule has 1 aliphatic heterocycles. The fraction of sp³-hybridized carbons (Fsp3) is 0.421. The third kappa shape index (κ3) is 3.38. The van der Waals surface area contributed by atoms with E-state index in [2.05, 4.69) is 25.6 Å². The van der Waals surface area contributed by atoms with E-state index >= 15 is 0 Å². The van der Waals surface area contributed by atoms with Crippen LogP contribution in [0.25, 0.3) is 17.1 Å². The van der Waals surface area contributed by atoms with E-state index < -0.39 is 0 Å². The van der Waals surface area contributed by atoms with Crippen LogP contribution < -0.4 is 10.6 Å². The maximum atomic E-state index is 12.3. The molecule has 2 aliphatic carbocycles. The van der Waals surface area contributed by atoms with E-state index in [9.17, 15) is 9.90 Å². The summed E-state index contributed by atoms with van der Waals surface area (Å²) in [6, 6.07) is 4.02. The fourth-order valence-corrected chi connectivity index (χ4v) is 4.84. The van der Waals surface area contributed by atoms with E-state index in [4.69, 9.17) is 0 Å². The van der Waals surface area contributed by atoms with Crippen molar-refractivity contribution < 1.29 is 9.90 Å². The van der Waals surface area contributed by atoms with Gasteiger partial charge < -0.3 is 15.4 Å². The summed E-state index contributed by atoms with van der Waals surface area (Å²) in [5, 5.41) is 16.9. The highest BCUT2D eigenvalue weighted by atomic mass is 35.5. The molecular formula is C19H23Cl2N5O2. The van der Waals surface area contributed by atoms with E-state index in [0.717, 1.165) is 23.0 Å². The van der Waals surface area contributed by atoms with Crippen molar-refractivity contribution in [1.82, 2.24) is 20.6 Å². The topological polar surface area (TPSA) is 102 Å². The number of guanidine groups is 1. The Morgan fingerprint density at radius 1 is 1.29 bits per heavy atom. The molecule has 1 amide bonds. The van der Waals surface area contributed by atoms with Crippen LogP contribution in [-0.4, -0.2) is 39.6 Å². The van der Waals surface area contributed by atoms with Crippen molar-refractivity contribution >= 4 is 53.8 Å². The molecule has 0 aromatic carbocycles. The van der Waals surface area contributed by atoms with Crippen molar-refractivity contribution in [2.45, 2.75) is 25.3 Å². The normalized spacial score (nSPS) is 29.4. The number of carbonyl (C=O) groups is 1. The van der Waals surface area contributed by atoms with Crippen LogP contribution in [-0.2, 0) is 4.79 Å². The number of aromatic amines is 1. The molecule has 4 atom stereocenters. The van der Waals surface area contributed by atoms with Crippen LogP contribution in [0.4, 0.5) is 0 Å². The third-order valence-electron chi connectivity index (χ3n) is 6.07. The van der Waals surface area contributed by atoms with Crippen molar-refractivity contribution in [3.63, 3.8) is 0 Å². The van der Waals surface area contributed by atoms with Crippen molar-refractivity contribution in [3.05, 3.63) is 35.8 Å². The van der Waals surface area contributed by atoms with Crippen LogP contribution in [0.15, 0.2) is 35.2 Å². The highest BCUT2D eigenvalue weighted by Crippen LogP contribution is 2.48. The quantitative estimate of drug-likeness (QED) is 0.568. The lowest BCUT2D eigenvalue weighted by atomic mass is 9.85. The van der Waals surface area contributed by atoms with Gasteiger partial charge in [0.1, 0.15) is 11.3 Å². The molecule has 2 aromatic heterocycles. The summed E-state index contributed by atoms with van der Waals surface area (Å²) in [5.41, 5.74) is 2.05. The Hall–Kier alpha value is -2.09. The molecule has 2 aromatic rings. The Bertz CT molecular complexity index is 941. The van der Waals surface area contributed by atoms with Crippen LogP contribution in [0.2, 0.25) is 0 Å². The lowest BCUT2D eigenvalue weighted by molar-refractivity contribution is -0.115. The summed E-state index contributed by atoms with van der Waals surface area (Å²) in [6.45, 7) is 0.186. The third-order valence-corrected chi connectivity index (χ3v) is 6.07. The molecular weight excluding hydrogens is 401 g/mol. The fourth-order valence-electron chi connectivity index (χ4n) is 4.84. The zero-order chi connectivity index (χ0) is 17.7. The van der Waals surface area contributed by atoms with Gasteiger partial charge in [-0.25, -0.2) is 9.98 Å². The van der Waals surface area contributed by atoms with Crippen molar-refractivity contribution in [3.8, 4) is 0 Å². The SMILES string of the molecule is Cl.Cl.O=C1NC(N[C@H]2[C@@H]3CC[C@@H](C3)[C@H]2CO)=N/C1=C\c1c[nH]c2ncccc12. The van der Waals surface area contributed by atoms with Crippen LogP contribution in [0.3, 0.4) is 0 Å². The average Bonchev–Trinajstić information content (AvgIpc) is 3.41. The number of carbonyl (C=O) groups excluding carboxylic acids is 1. The monoisotopic (exact) mass is 423 g/mol. The molecule has 0 unspecified atom stereocenters. The Kier molecular flexibility index (Phi) is 5.98. The highest BCUT2D eigenvalue weighted by molar-refractivity contribution is 6.14. The van der Waals surface area contributed by atoms with Gasteiger partial charge in [0.05, 0.1) is 0 Å². The van der Waals surface area contributed by atoms with Crippen LogP contribution >= 0.6 is 24.8 Å². The van der Waals surface area contributed by atoms with Gasteiger partial charge in [-0.15, -0.1) is 24.8 Å². The number of aromatic nitrogens is 2. The van der Waals surface area contributed by atoms with E-state index in [-0.39, 0.29) is 49.3 Å². The van der Waals surface area contributed by atoms with E-state index in [0.29, 0.717) is 23.5 Å². The number of hydrogen-bond donors (Lipinski definition) is 4. The first-order chi connectivity index (χ1) is 12.7. The summed E-state index contributed by atoms with van der Waals surface area (Å²) in [4.78, 5) is 24.1. The molecule has 28 heavy (non-hydrogen) atoms. The molecule has 7 nitrogen and oxygen atoms in total. The van der Waals surface area contributed by atoms with E-state index in [1.165, 1.54) is 12.8 Å². The number of fused-ring (bicyclic) bond motifs is 3. The summed E-state index contributed by atoms with van der Waals surface area (Å²) in [6.07, 6.45) is 8.88. The maximum Gasteiger partial charge on any atom is 0.276 e. The predicted molar refractivity (Wildman–Crippen MR) is 112 cm³/mol. The van der Waals surface area contributed by atoms with Gasteiger partial charge >= 0.3 is 0 Å². The average molecular weight is 424 g/mol. The van der Waals surface area contributed by atoms with E-state index in [1.54, 1.807) is 12.3 Å². The first-order valence-electron chi connectivity index (χ1n) is 9.14. The Labute approximate surface area is 174 Å². The molecule has 0 radical (unpaired) electrons. The van der Waals surface area contributed by atoms with Gasteiger partial charge in [-0.2, -0.15) is 0 Å². The van der Waals surface area contributed by atoms with Gasteiger partial charge in [0, 0.05) is 41.9 Å². The molecule has 0 spiro atoms. The number of nitrogens with zero attached hydrogens (tertiary/aromatic N) is 2. The summed E-state index contributed by atoms with van der Waals surface area (Å²) in [7, 11) is 0. The van der Waals surface area contributed by atoms with Crippen molar-refractivity contribution in [2.24, 2.45) is 22.7 Å². The number of pyridine rings is 1. The minimum absolute atomic E-state index is 0. The van der Waals surface area contributed by atoms with Gasteiger partial charge in [0.15, 0.2) is 0 Å². The number of aliphatic hydroxyl groups excluding tert-OH is 1. The molecule has 0 saturated heterocycles. The van der Waals surface area contributed by atoms with Gasteiger partial charge in [-0.1, -0.05) is 0 Å².